The Kier molecular flexibility index (Phi) is 7.40. The standard InChI is InChI=1S/C26H34N6O/c1-20-12-14-31(15-13-20)17-23-6-4-22(5-7-23)16-28-26(33)30(3)21(2)24-8-10-25(11-9-24)32-19-27-18-29-32/h4-11,18-21H,12-17H2,1-3H3,(H,28,33). The molecule has 0 radical (unpaired) electrons. The quantitative estimate of drug-likeness (QED) is 0.584. The Labute approximate surface area is 196 Å². The Bertz CT molecular complexity index is 1010. The van der Waals surface area contributed by atoms with Gasteiger partial charge >= 0.3 is 6.03 Å². The van der Waals surface area contributed by atoms with Crippen LogP contribution in [0.25, 0.3) is 5.69 Å². The molecule has 1 unspecified atom stereocenters. The number of nitrogens with zero attached hydrogens (tertiary/aromatic N) is 5. The van der Waals surface area contributed by atoms with Crippen LogP contribution in [0.15, 0.2) is 61.2 Å². The highest BCUT2D eigenvalue weighted by Gasteiger charge is 2.18. The van der Waals surface area contributed by atoms with Crippen molar-refractivity contribution in [1.82, 2.24) is 29.9 Å². The molecule has 0 bridgehead atoms. The fourth-order valence-electron chi connectivity index (χ4n) is 4.19. The second-order valence-corrected chi connectivity index (χ2v) is 9.15. The number of carbonyl (C=O) groups excluding carboxylic acids is 1. The van der Waals surface area contributed by atoms with Gasteiger partial charge in [-0.2, -0.15) is 5.10 Å². The minimum Gasteiger partial charge on any atom is -0.334 e. The van der Waals surface area contributed by atoms with Crippen molar-refractivity contribution in [1.29, 1.82) is 0 Å². The highest BCUT2D eigenvalue weighted by molar-refractivity contribution is 5.74. The molecule has 0 saturated carbocycles. The Balaban J connectivity index is 1.26. The lowest BCUT2D eigenvalue weighted by Gasteiger charge is -2.30. The highest BCUT2D eigenvalue weighted by atomic mass is 16.2. The smallest absolute Gasteiger partial charge is 0.317 e. The third-order valence-electron chi connectivity index (χ3n) is 6.71. The van der Waals surface area contributed by atoms with Crippen LogP contribution in [0.3, 0.4) is 0 Å². The molecule has 1 N–H and O–H groups in total. The number of hydrogen-bond donors (Lipinski definition) is 1. The van der Waals surface area contributed by atoms with Crippen molar-refractivity contribution < 1.29 is 4.79 Å². The summed E-state index contributed by atoms with van der Waals surface area (Å²) < 4.78 is 1.71. The highest BCUT2D eigenvalue weighted by Crippen LogP contribution is 2.21. The zero-order valence-corrected chi connectivity index (χ0v) is 19.8. The van der Waals surface area contributed by atoms with Crippen molar-refractivity contribution in [2.45, 2.75) is 45.8 Å². The fourth-order valence-corrected chi connectivity index (χ4v) is 4.19. The van der Waals surface area contributed by atoms with Crippen LogP contribution >= 0.6 is 0 Å². The molecule has 3 aromatic rings. The van der Waals surface area contributed by atoms with Gasteiger partial charge in [-0.25, -0.2) is 14.5 Å². The number of amides is 2. The summed E-state index contributed by atoms with van der Waals surface area (Å²) in [5, 5.41) is 7.19. The average Bonchev–Trinajstić information content (AvgIpc) is 3.39. The molecule has 1 aliphatic rings. The molecule has 7 nitrogen and oxygen atoms in total. The second-order valence-electron chi connectivity index (χ2n) is 9.15. The predicted octanol–water partition coefficient (Wildman–Crippen LogP) is 4.40. The number of aromatic nitrogens is 3. The second kappa shape index (κ2) is 10.6. The van der Waals surface area contributed by atoms with Gasteiger partial charge in [0.1, 0.15) is 12.7 Å². The minimum atomic E-state index is -0.0886. The summed E-state index contributed by atoms with van der Waals surface area (Å²) in [6.07, 6.45) is 5.76. The van der Waals surface area contributed by atoms with Gasteiger partial charge in [-0.05, 0) is 67.6 Å². The van der Waals surface area contributed by atoms with E-state index in [1.54, 1.807) is 15.9 Å². The average molecular weight is 447 g/mol. The van der Waals surface area contributed by atoms with Crippen molar-refractivity contribution >= 4 is 6.03 Å². The summed E-state index contributed by atoms with van der Waals surface area (Å²) in [6.45, 7) is 8.27. The van der Waals surface area contributed by atoms with Gasteiger partial charge in [0.05, 0.1) is 11.7 Å². The van der Waals surface area contributed by atoms with Crippen molar-refractivity contribution in [3.05, 3.63) is 77.9 Å². The Hall–Kier alpha value is -3.19. The summed E-state index contributed by atoms with van der Waals surface area (Å²) >= 11 is 0. The van der Waals surface area contributed by atoms with Gasteiger partial charge in [0, 0.05) is 20.1 Å². The van der Waals surface area contributed by atoms with Gasteiger partial charge in [0.15, 0.2) is 0 Å². The Morgan fingerprint density at radius 2 is 1.76 bits per heavy atom. The van der Waals surface area contributed by atoms with E-state index >= 15 is 0 Å². The maximum absolute atomic E-state index is 12.7. The van der Waals surface area contributed by atoms with Crippen molar-refractivity contribution in [2.75, 3.05) is 20.1 Å². The van der Waals surface area contributed by atoms with Crippen LogP contribution in [0.1, 0.15) is 49.4 Å². The van der Waals surface area contributed by atoms with Gasteiger partial charge in [-0.3, -0.25) is 4.90 Å². The molecule has 1 atom stereocenters. The van der Waals surface area contributed by atoms with Gasteiger partial charge < -0.3 is 10.2 Å². The molecule has 0 spiro atoms. The first-order valence-electron chi connectivity index (χ1n) is 11.8. The van der Waals surface area contributed by atoms with Crippen LogP contribution in [-0.4, -0.2) is 50.7 Å². The molecule has 1 aromatic heterocycles. The maximum Gasteiger partial charge on any atom is 0.317 e. The van der Waals surface area contributed by atoms with E-state index in [-0.39, 0.29) is 12.1 Å². The fraction of sp³-hybridized carbons (Fsp3) is 0.423. The number of nitrogens with one attached hydrogen (secondary N) is 1. The first-order chi connectivity index (χ1) is 16.0. The summed E-state index contributed by atoms with van der Waals surface area (Å²) in [4.78, 5) is 21.0. The number of benzene rings is 2. The van der Waals surface area contributed by atoms with E-state index in [0.717, 1.165) is 29.3 Å². The monoisotopic (exact) mass is 446 g/mol. The summed E-state index contributed by atoms with van der Waals surface area (Å²) in [6, 6.07) is 16.5. The summed E-state index contributed by atoms with van der Waals surface area (Å²) in [7, 11) is 1.83. The molecular weight excluding hydrogens is 412 g/mol. The van der Waals surface area contributed by atoms with E-state index in [4.69, 9.17) is 0 Å². The first kappa shape index (κ1) is 23.0. The summed E-state index contributed by atoms with van der Waals surface area (Å²) in [5.41, 5.74) is 4.44. The normalized spacial score (nSPS) is 15.8. The Morgan fingerprint density at radius 3 is 2.39 bits per heavy atom. The predicted molar refractivity (Wildman–Crippen MR) is 130 cm³/mol. The van der Waals surface area contributed by atoms with Crippen LogP contribution < -0.4 is 5.32 Å². The van der Waals surface area contributed by atoms with Gasteiger partial charge in [0.25, 0.3) is 0 Å². The molecule has 1 aliphatic heterocycles. The van der Waals surface area contributed by atoms with Crippen molar-refractivity contribution in [3.8, 4) is 5.69 Å². The van der Waals surface area contributed by atoms with Gasteiger partial charge in [-0.15, -0.1) is 0 Å². The first-order valence-corrected chi connectivity index (χ1v) is 11.8. The van der Waals surface area contributed by atoms with Crippen molar-refractivity contribution in [3.63, 3.8) is 0 Å². The zero-order valence-electron chi connectivity index (χ0n) is 19.8. The lowest BCUT2D eigenvalue weighted by molar-refractivity contribution is 0.185. The number of rotatable bonds is 7. The van der Waals surface area contributed by atoms with Crippen LogP contribution in [0.5, 0.6) is 0 Å². The number of urea groups is 1. The maximum atomic E-state index is 12.7. The molecular formula is C26H34N6O. The Morgan fingerprint density at radius 1 is 1.09 bits per heavy atom. The number of hydrogen-bond acceptors (Lipinski definition) is 4. The number of carbonyl (C=O) groups is 1. The lowest BCUT2D eigenvalue weighted by atomic mass is 9.99. The van der Waals surface area contributed by atoms with Gasteiger partial charge in [0.2, 0.25) is 0 Å². The topological polar surface area (TPSA) is 66.3 Å². The summed E-state index contributed by atoms with van der Waals surface area (Å²) in [5.74, 6) is 0.854. The number of piperidine rings is 1. The number of likely N-dealkylation sites (tertiary alicyclic amines) is 1. The third-order valence-corrected chi connectivity index (χ3v) is 6.71. The van der Waals surface area contributed by atoms with E-state index < -0.39 is 0 Å². The molecule has 174 valence electrons. The molecule has 1 fully saturated rings. The minimum absolute atomic E-state index is 0.0515. The van der Waals surface area contributed by atoms with Crippen LogP contribution in [0.4, 0.5) is 4.79 Å². The van der Waals surface area contributed by atoms with E-state index in [1.807, 2.05) is 38.2 Å². The molecule has 33 heavy (non-hydrogen) atoms. The van der Waals surface area contributed by atoms with Crippen LogP contribution in [-0.2, 0) is 13.1 Å². The molecule has 2 aromatic carbocycles. The van der Waals surface area contributed by atoms with Crippen LogP contribution in [0, 0.1) is 5.92 Å². The molecule has 1 saturated heterocycles. The molecule has 0 aliphatic carbocycles. The van der Waals surface area contributed by atoms with Crippen molar-refractivity contribution in [2.24, 2.45) is 5.92 Å². The van der Waals surface area contributed by atoms with Crippen LogP contribution in [0.2, 0.25) is 0 Å². The van der Waals surface area contributed by atoms with E-state index in [2.05, 4.69) is 51.5 Å². The van der Waals surface area contributed by atoms with E-state index in [9.17, 15) is 4.79 Å². The SMILES string of the molecule is CC1CCN(Cc2ccc(CNC(=O)N(C)C(C)c3ccc(-n4cncn4)cc3)cc2)CC1. The molecule has 4 rings (SSSR count). The third kappa shape index (κ3) is 5.99. The van der Waals surface area contributed by atoms with E-state index in [1.165, 1.54) is 37.8 Å². The zero-order chi connectivity index (χ0) is 23.2. The molecule has 7 heteroatoms. The molecule has 2 amide bonds. The lowest BCUT2D eigenvalue weighted by Crippen LogP contribution is -2.38. The molecule has 2 heterocycles. The van der Waals surface area contributed by atoms with E-state index in [0.29, 0.717) is 6.54 Å². The largest absolute Gasteiger partial charge is 0.334 e. The van der Waals surface area contributed by atoms with Gasteiger partial charge in [-0.1, -0.05) is 43.3 Å².